The first-order chi connectivity index (χ1) is 9.25. The maximum atomic E-state index is 9.00. The van der Waals surface area contributed by atoms with Crippen molar-refractivity contribution in [3.63, 3.8) is 0 Å². The molecule has 112 valence electrons. The number of aromatic nitrogens is 2. The zero-order valence-electron chi connectivity index (χ0n) is 11.4. The van der Waals surface area contributed by atoms with Crippen molar-refractivity contribution in [3.05, 3.63) is 11.8 Å². The van der Waals surface area contributed by atoms with Crippen LogP contribution in [0.5, 0.6) is 0 Å². The van der Waals surface area contributed by atoms with Crippen LogP contribution in [0, 0.1) is 5.41 Å². The SMILES string of the molecule is CC(=O)O.CC(=O)O.N=C(N)c1cnn2c1NCCC2. The van der Waals surface area contributed by atoms with Gasteiger partial charge in [0.05, 0.1) is 11.8 Å². The summed E-state index contributed by atoms with van der Waals surface area (Å²) in [6.45, 7) is 4.02. The molecule has 0 atom stereocenters. The van der Waals surface area contributed by atoms with Crippen LogP contribution in [-0.2, 0) is 16.1 Å². The van der Waals surface area contributed by atoms with E-state index in [1.54, 1.807) is 6.20 Å². The van der Waals surface area contributed by atoms with Crippen molar-refractivity contribution < 1.29 is 19.8 Å². The highest BCUT2D eigenvalue weighted by Crippen LogP contribution is 2.17. The van der Waals surface area contributed by atoms with E-state index in [0.29, 0.717) is 5.56 Å². The topological polar surface area (TPSA) is 154 Å². The largest absolute Gasteiger partial charge is 0.481 e. The summed E-state index contributed by atoms with van der Waals surface area (Å²) in [6.07, 6.45) is 2.71. The molecule has 9 heteroatoms. The quantitative estimate of drug-likeness (QED) is 0.363. The van der Waals surface area contributed by atoms with Crippen LogP contribution in [0.25, 0.3) is 0 Å². The number of hydrogen-bond acceptors (Lipinski definition) is 5. The number of carboxylic acid groups (broad SMARTS) is 2. The normalized spacial score (nSPS) is 11.5. The van der Waals surface area contributed by atoms with Crippen LogP contribution in [-0.4, -0.2) is 44.3 Å². The Morgan fingerprint density at radius 1 is 1.40 bits per heavy atom. The van der Waals surface area contributed by atoms with Crippen LogP contribution in [0.1, 0.15) is 25.8 Å². The number of anilines is 1. The van der Waals surface area contributed by atoms with Gasteiger partial charge in [0.15, 0.2) is 0 Å². The van der Waals surface area contributed by atoms with Gasteiger partial charge in [-0.1, -0.05) is 0 Å². The van der Waals surface area contributed by atoms with Gasteiger partial charge in [0.2, 0.25) is 0 Å². The average molecular weight is 285 g/mol. The van der Waals surface area contributed by atoms with Crippen molar-refractivity contribution in [3.8, 4) is 0 Å². The summed E-state index contributed by atoms with van der Waals surface area (Å²) in [5.74, 6) is -0.709. The summed E-state index contributed by atoms with van der Waals surface area (Å²) < 4.78 is 1.85. The predicted molar refractivity (Wildman–Crippen MR) is 73.0 cm³/mol. The molecule has 9 nitrogen and oxygen atoms in total. The van der Waals surface area contributed by atoms with E-state index in [0.717, 1.165) is 39.2 Å². The van der Waals surface area contributed by atoms with E-state index in [1.807, 2.05) is 4.68 Å². The standard InChI is InChI=1S/C7H11N5.2C2H4O2/c8-6(9)5-4-11-12-3-1-2-10-7(5)12;2*1-2(3)4/h4,10H,1-3H2,(H3,8,9);2*1H3,(H,3,4). The van der Waals surface area contributed by atoms with Crippen molar-refractivity contribution >= 4 is 23.6 Å². The first-order valence-electron chi connectivity index (χ1n) is 5.78. The van der Waals surface area contributed by atoms with Gasteiger partial charge in [0, 0.05) is 26.9 Å². The minimum atomic E-state index is -0.833. The van der Waals surface area contributed by atoms with Gasteiger partial charge in [-0.25, -0.2) is 4.68 Å². The highest BCUT2D eigenvalue weighted by Gasteiger charge is 2.15. The minimum absolute atomic E-state index is 0.0747. The van der Waals surface area contributed by atoms with Gasteiger partial charge < -0.3 is 21.3 Å². The van der Waals surface area contributed by atoms with E-state index in [2.05, 4.69) is 10.4 Å². The van der Waals surface area contributed by atoms with Crippen molar-refractivity contribution in [1.82, 2.24) is 9.78 Å². The third-order valence-electron chi connectivity index (χ3n) is 1.97. The van der Waals surface area contributed by atoms with Gasteiger partial charge >= 0.3 is 0 Å². The fourth-order valence-corrected chi connectivity index (χ4v) is 1.37. The molecule has 1 aromatic heterocycles. The Labute approximate surface area is 115 Å². The molecule has 0 fully saturated rings. The number of carboxylic acids is 2. The minimum Gasteiger partial charge on any atom is -0.481 e. The van der Waals surface area contributed by atoms with E-state index in [9.17, 15) is 0 Å². The van der Waals surface area contributed by atoms with Crippen molar-refractivity contribution in [1.29, 1.82) is 5.41 Å². The lowest BCUT2D eigenvalue weighted by molar-refractivity contribution is -0.135. The molecular weight excluding hydrogens is 266 g/mol. The zero-order chi connectivity index (χ0) is 15.7. The number of nitrogen functional groups attached to an aromatic ring is 1. The Hall–Kier alpha value is -2.58. The molecule has 6 N–H and O–H groups in total. The van der Waals surface area contributed by atoms with Gasteiger partial charge in [-0.05, 0) is 6.42 Å². The van der Waals surface area contributed by atoms with Gasteiger partial charge in [-0.3, -0.25) is 15.0 Å². The van der Waals surface area contributed by atoms with Crippen LogP contribution in [0.3, 0.4) is 0 Å². The second kappa shape index (κ2) is 8.51. The number of nitrogens with one attached hydrogen (secondary N) is 2. The Kier molecular flexibility index (Phi) is 7.41. The van der Waals surface area contributed by atoms with Gasteiger partial charge in [-0.2, -0.15) is 5.10 Å². The van der Waals surface area contributed by atoms with Crippen molar-refractivity contribution in [2.45, 2.75) is 26.8 Å². The Morgan fingerprint density at radius 3 is 2.35 bits per heavy atom. The van der Waals surface area contributed by atoms with Crippen LogP contribution in [0.15, 0.2) is 6.20 Å². The summed E-state index contributed by atoms with van der Waals surface area (Å²) in [6, 6.07) is 0. The zero-order valence-corrected chi connectivity index (χ0v) is 11.4. The highest BCUT2D eigenvalue weighted by atomic mass is 16.4. The van der Waals surface area contributed by atoms with Gasteiger partial charge in [0.25, 0.3) is 11.9 Å². The number of fused-ring (bicyclic) bond motifs is 1. The van der Waals surface area contributed by atoms with E-state index < -0.39 is 11.9 Å². The van der Waals surface area contributed by atoms with Crippen LogP contribution in [0.2, 0.25) is 0 Å². The van der Waals surface area contributed by atoms with E-state index in [4.69, 9.17) is 30.9 Å². The molecule has 1 aliphatic rings. The summed E-state index contributed by atoms with van der Waals surface area (Å²) in [5.41, 5.74) is 6.08. The van der Waals surface area contributed by atoms with E-state index in [1.165, 1.54) is 0 Å². The molecule has 0 amide bonds. The summed E-state index contributed by atoms with van der Waals surface area (Å²) >= 11 is 0. The number of aliphatic carboxylic acids is 2. The summed E-state index contributed by atoms with van der Waals surface area (Å²) in [5, 5.41) is 29.4. The average Bonchev–Trinajstić information content (AvgIpc) is 2.70. The molecule has 0 saturated carbocycles. The Balaban J connectivity index is 0.000000380. The molecule has 1 aromatic rings. The molecule has 2 rings (SSSR count). The molecule has 0 unspecified atom stereocenters. The lowest BCUT2D eigenvalue weighted by Crippen LogP contribution is -2.21. The molecule has 0 aliphatic carbocycles. The number of nitrogens with two attached hydrogens (primary N) is 1. The summed E-state index contributed by atoms with van der Waals surface area (Å²) in [4.78, 5) is 18.0. The lowest BCUT2D eigenvalue weighted by atomic mass is 10.2. The highest BCUT2D eigenvalue weighted by molar-refractivity contribution is 5.99. The second-order valence-corrected chi connectivity index (χ2v) is 3.86. The molecule has 0 radical (unpaired) electrons. The number of aryl methyl sites for hydroxylation is 1. The number of hydrogen-bond donors (Lipinski definition) is 5. The van der Waals surface area contributed by atoms with Crippen molar-refractivity contribution in [2.75, 3.05) is 11.9 Å². The van der Waals surface area contributed by atoms with Crippen LogP contribution >= 0.6 is 0 Å². The number of amidine groups is 1. The molecule has 0 bridgehead atoms. The lowest BCUT2D eigenvalue weighted by Gasteiger charge is -2.16. The third-order valence-corrected chi connectivity index (χ3v) is 1.97. The Bertz CT molecular complexity index is 463. The first kappa shape index (κ1) is 17.4. The first-order valence-corrected chi connectivity index (χ1v) is 5.78. The predicted octanol–water partition coefficient (Wildman–Crippen LogP) is 0.165. The van der Waals surface area contributed by atoms with Crippen molar-refractivity contribution in [2.24, 2.45) is 5.73 Å². The van der Waals surface area contributed by atoms with Crippen LogP contribution < -0.4 is 11.1 Å². The van der Waals surface area contributed by atoms with E-state index >= 15 is 0 Å². The summed E-state index contributed by atoms with van der Waals surface area (Å²) in [7, 11) is 0. The van der Waals surface area contributed by atoms with Gasteiger partial charge in [-0.15, -0.1) is 0 Å². The Morgan fingerprint density at radius 2 is 1.90 bits per heavy atom. The fraction of sp³-hybridized carbons (Fsp3) is 0.455. The smallest absolute Gasteiger partial charge is 0.300 e. The van der Waals surface area contributed by atoms with Gasteiger partial charge in [0.1, 0.15) is 11.7 Å². The molecule has 0 saturated heterocycles. The second-order valence-electron chi connectivity index (χ2n) is 3.86. The third kappa shape index (κ3) is 6.99. The maximum Gasteiger partial charge on any atom is 0.300 e. The fourth-order valence-electron chi connectivity index (χ4n) is 1.37. The number of nitrogens with zero attached hydrogens (tertiary/aromatic N) is 2. The maximum absolute atomic E-state index is 9.00. The molecular formula is C11H19N5O4. The van der Waals surface area contributed by atoms with Crippen LogP contribution in [0.4, 0.5) is 5.82 Å². The molecule has 1 aliphatic heterocycles. The number of carbonyl (C=O) groups is 2. The molecule has 2 heterocycles. The number of rotatable bonds is 1. The molecule has 0 spiro atoms. The monoisotopic (exact) mass is 285 g/mol. The molecule has 20 heavy (non-hydrogen) atoms. The van der Waals surface area contributed by atoms with E-state index in [-0.39, 0.29) is 5.84 Å². The molecule has 0 aromatic carbocycles.